The maximum atomic E-state index is 11.4. The molecule has 1 aromatic rings. The van der Waals surface area contributed by atoms with E-state index >= 15 is 0 Å². The van der Waals surface area contributed by atoms with Crippen molar-refractivity contribution in [2.24, 2.45) is 0 Å². The molecule has 0 aromatic heterocycles. The Morgan fingerprint density at radius 3 is 2.44 bits per heavy atom. The van der Waals surface area contributed by atoms with Gasteiger partial charge in [-0.25, -0.2) is 4.79 Å². The Bertz CT molecular complexity index is 336. The van der Waals surface area contributed by atoms with Crippen molar-refractivity contribution < 1.29 is 19.7 Å². The minimum Gasteiger partial charge on any atom is -0.479 e. The van der Waals surface area contributed by atoms with E-state index in [2.05, 4.69) is 0 Å². The van der Waals surface area contributed by atoms with Crippen LogP contribution in [0.4, 0.5) is 0 Å². The van der Waals surface area contributed by atoms with Crippen molar-refractivity contribution in [3.05, 3.63) is 35.9 Å². The highest BCUT2D eigenvalue weighted by Gasteiger charge is 2.39. The second kappa shape index (κ2) is 5.63. The van der Waals surface area contributed by atoms with Gasteiger partial charge in [-0.3, -0.25) is 0 Å². The highest BCUT2D eigenvalue weighted by atomic mass is 16.5. The third-order valence-electron chi connectivity index (χ3n) is 2.52. The monoisotopic (exact) mass is 224 g/mol. The van der Waals surface area contributed by atoms with Gasteiger partial charge in [0.05, 0.1) is 13.2 Å². The minimum atomic E-state index is -1.36. The summed E-state index contributed by atoms with van der Waals surface area (Å²) in [6.45, 7) is 1.56. The molecule has 1 atom stereocenters. The highest BCUT2D eigenvalue weighted by Crippen LogP contribution is 2.29. The number of aliphatic hydroxyl groups excluding tert-OH is 1. The molecule has 4 heteroatoms. The molecule has 0 aliphatic carbocycles. The first-order chi connectivity index (χ1) is 7.67. The summed E-state index contributed by atoms with van der Waals surface area (Å²) in [5.41, 5.74) is -0.761. The van der Waals surface area contributed by atoms with E-state index in [-0.39, 0.29) is 13.2 Å². The molecule has 0 saturated carbocycles. The third kappa shape index (κ3) is 2.40. The molecule has 0 aliphatic heterocycles. The largest absolute Gasteiger partial charge is 0.479 e. The van der Waals surface area contributed by atoms with Crippen LogP contribution in [0.15, 0.2) is 30.3 Å². The number of ether oxygens (including phenoxy) is 1. The van der Waals surface area contributed by atoms with E-state index in [0.717, 1.165) is 0 Å². The number of benzene rings is 1. The molecule has 0 saturated heterocycles. The smallest absolute Gasteiger partial charge is 0.340 e. The molecule has 16 heavy (non-hydrogen) atoms. The van der Waals surface area contributed by atoms with E-state index in [4.69, 9.17) is 9.84 Å². The fraction of sp³-hybridized carbons (Fsp3) is 0.417. The van der Waals surface area contributed by atoms with Crippen molar-refractivity contribution >= 4 is 5.97 Å². The zero-order valence-electron chi connectivity index (χ0n) is 9.22. The van der Waals surface area contributed by atoms with Crippen LogP contribution in [-0.2, 0) is 15.1 Å². The van der Waals surface area contributed by atoms with Gasteiger partial charge >= 0.3 is 5.97 Å². The summed E-state index contributed by atoms with van der Waals surface area (Å²) in [7, 11) is 0. The van der Waals surface area contributed by atoms with E-state index in [0.29, 0.717) is 12.0 Å². The van der Waals surface area contributed by atoms with Crippen molar-refractivity contribution in [1.82, 2.24) is 0 Å². The average molecular weight is 224 g/mol. The highest BCUT2D eigenvalue weighted by molar-refractivity contribution is 5.79. The lowest BCUT2D eigenvalue weighted by Crippen LogP contribution is -2.39. The fourth-order valence-electron chi connectivity index (χ4n) is 1.65. The number of hydrogen-bond acceptors (Lipinski definition) is 3. The van der Waals surface area contributed by atoms with E-state index in [9.17, 15) is 9.90 Å². The zero-order valence-corrected chi connectivity index (χ0v) is 9.22. The van der Waals surface area contributed by atoms with Crippen LogP contribution in [0.1, 0.15) is 18.9 Å². The zero-order chi connectivity index (χ0) is 12.0. The molecular weight excluding hydrogens is 208 g/mol. The average Bonchev–Trinajstić information content (AvgIpc) is 2.31. The van der Waals surface area contributed by atoms with Crippen LogP contribution in [0.25, 0.3) is 0 Å². The Balaban J connectivity index is 3.07. The van der Waals surface area contributed by atoms with Gasteiger partial charge < -0.3 is 14.9 Å². The maximum Gasteiger partial charge on any atom is 0.340 e. The van der Waals surface area contributed by atoms with Gasteiger partial charge in [0.15, 0.2) is 5.60 Å². The fourth-order valence-corrected chi connectivity index (χ4v) is 1.65. The lowest BCUT2D eigenvalue weighted by atomic mass is 9.91. The Kier molecular flexibility index (Phi) is 4.46. The third-order valence-corrected chi connectivity index (χ3v) is 2.52. The number of carboxylic acids is 1. The van der Waals surface area contributed by atoms with Crippen LogP contribution >= 0.6 is 0 Å². The summed E-state index contributed by atoms with van der Waals surface area (Å²) in [6.07, 6.45) is 0.312. The quantitative estimate of drug-likeness (QED) is 0.766. The number of carbonyl (C=O) groups is 1. The second-order valence-corrected chi connectivity index (χ2v) is 3.42. The Morgan fingerprint density at radius 1 is 1.38 bits per heavy atom. The van der Waals surface area contributed by atoms with E-state index in [1.165, 1.54) is 0 Å². The molecule has 0 fully saturated rings. The van der Waals surface area contributed by atoms with E-state index in [1.807, 2.05) is 6.07 Å². The first kappa shape index (κ1) is 12.7. The summed E-state index contributed by atoms with van der Waals surface area (Å²) in [4.78, 5) is 11.4. The number of rotatable bonds is 6. The van der Waals surface area contributed by atoms with Crippen LogP contribution in [0.5, 0.6) is 0 Å². The predicted octanol–water partition coefficient (Wildman–Crippen LogP) is 1.39. The van der Waals surface area contributed by atoms with Gasteiger partial charge in [0.1, 0.15) is 0 Å². The number of carboxylic acid groups (broad SMARTS) is 1. The van der Waals surface area contributed by atoms with Crippen molar-refractivity contribution in [2.45, 2.75) is 18.9 Å². The molecule has 0 heterocycles. The molecule has 0 bridgehead atoms. The molecule has 1 rings (SSSR count). The van der Waals surface area contributed by atoms with Gasteiger partial charge in [-0.1, -0.05) is 37.3 Å². The van der Waals surface area contributed by atoms with Gasteiger partial charge in [0.25, 0.3) is 0 Å². The number of aliphatic hydroxyl groups is 1. The van der Waals surface area contributed by atoms with Crippen LogP contribution < -0.4 is 0 Å². The van der Waals surface area contributed by atoms with Crippen LogP contribution in [0.3, 0.4) is 0 Å². The van der Waals surface area contributed by atoms with Gasteiger partial charge in [-0.2, -0.15) is 0 Å². The Labute approximate surface area is 94.5 Å². The van der Waals surface area contributed by atoms with Gasteiger partial charge in [-0.15, -0.1) is 0 Å². The molecule has 0 amide bonds. The predicted molar refractivity (Wildman–Crippen MR) is 59.1 cm³/mol. The Hall–Kier alpha value is -1.39. The summed E-state index contributed by atoms with van der Waals surface area (Å²) in [5.74, 6) is -1.03. The lowest BCUT2D eigenvalue weighted by molar-refractivity contribution is -0.169. The molecular formula is C12H16O4. The molecule has 1 unspecified atom stereocenters. The number of hydrogen-bond donors (Lipinski definition) is 2. The summed E-state index contributed by atoms with van der Waals surface area (Å²) in [5, 5.41) is 18.0. The standard InChI is InChI=1S/C12H16O4/c1-2-12(11(14)15,16-9-8-13)10-6-4-3-5-7-10/h3-7,13H,2,8-9H2,1H3,(H,14,15). The Morgan fingerprint density at radius 2 is 2.00 bits per heavy atom. The van der Waals surface area contributed by atoms with Crippen LogP contribution in [0, 0.1) is 0 Å². The second-order valence-electron chi connectivity index (χ2n) is 3.42. The summed E-state index contributed by atoms with van der Waals surface area (Å²) >= 11 is 0. The topological polar surface area (TPSA) is 66.8 Å². The lowest BCUT2D eigenvalue weighted by Gasteiger charge is -2.28. The van der Waals surface area contributed by atoms with E-state index < -0.39 is 11.6 Å². The number of aliphatic carboxylic acids is 1. The molecule has 0 aliphatic rings. The summed E-state index contributed by atoms with van der Waals surface area (Å²) < 4.78 is 5.33. The molecule has 0 radical (unpaired) electrons. The first-order valence-electron chi connectivity index (χ1n) is 5.21. The van der Waals surface area contributed by atoms with Gasteiger partial charge in [-0.05, 0) is 12.0 Å². The van der Waals surface area contributed by atoms with Crippen LogP contribution in [0.2, 0.25) is 0 Å². The SMILES string of the molecule is CCC(OCCO)(C(=O)O)c1ccccc1. The maximum absolute atomic E-state index is 11.4. The minimum absolute atomic E-state index is 0.00896. The first-order valence-corrected chi connectivity index (χ1v) is 5.21. The normalized spacial score (nSPS) is 14.4. The van der Waals surface area contributed by atoms with Crippen molar-refractivity contribution in [2.75, 3.05) is 13.2 Å². The molecule has 2 N–H and O–H groups in total. The molecule has 1 aromatic carbocycles. The van der Waals surface area contributed by atoms with Crippen LogP contribution in [-0.4, -0.2) is 29.4 Å². The van der Waals surface area contributed by atoms with Gasteiger partial charge in [0, 0.05) is 0 Å². The van der Waals surface area contributed by atoms with E-state index in [1.54, 1.807) is 31.2 Å². The van der Waals surface area contributed by atoms with Crippen molar-refractivity contribution in [3.8, 4) is 0 Å². The van der Waals surface area contributed by atoms with Crippen molar-refractivity contribution in [1.29, 1.82) is 0 Å². The molecule has 4 nitrogen and oxygen atoms in total. The summed E-state index contributed by atoms with van der Waals surface area (Å²) in [6, 6.07) is 8.79. The van der Waals surface area contributed by atoms with Crippen molar-refractivity contribution in [3.63, 3.8) is 0 Å². The van der Waals surface area contributed by atoms with Gasteiger partial charge in [0.2, 0.25) is 0 Å². The molecule has 88 valence electrons. The molecule has 0 spiro atoms.